The van der Waals surface area contributed by atoms with Gasteiger partial charge in [-0.05, 0) is 30.2 Å². The van der Waals surface area contributed by atoms with Crippen LogP contribution in [0.2, 0.25) is 0 Å². The summed E-state index contributed by atoms with van der Waals surface area (Å²) in [6, 6.07) is 17.4. The van der Waals surface area contributed by atoms with Crippen molar-refractivity contribution in [1.82, 2.24) is 26.3 Å². The second kappa shape index (κ2) is 7.47. The van der Waals surface area contributed by atoms with E-state index in [0.717, 1.165) is 18.5 Å². The smallest absolute Gasteiger partial charge is 0.251 e. The lowest BCUT2D eigenvalue weighted by atomic mass is 10.0. The molecule has 0 bridgehead atoms. The van der Waals surface area contributed by atoms with Crippen molar-refractivity contribution in [1.29, 1.82) is 0 Å². The predicted molar refractivity (Wildman–Crippen MR) is 95.8 cm³/mol. The van der Waals surface area contributed by atoms with Crippen molar-refractivity contribution >= 4 is 5.91 Å². The first-order chi connectivity index (χ1) is 12.8. The lowest BCUT2D eigenvalue weighted by Crippen LogP contribution is -2.24. The molecule has 2 heterocycles. The first-order valence-corrected chi connectivity index (χ1v) is 8.54. The number of amides is 1. The molecule has 132 valence electrons. The molecule has 3 aromatic rings. The Hall–Kier alpha value is -3.03. The molecule has 1 aromatic heterocycles. The van der Waals surface area contributed by atoms with Crippen molar-refractivity contribution in [3.05, 3.63) is 71.6 Å². The molecule has 0 aliphatic carbocycles. The largest absolute Gasteiger partial charge is 0.343 e. The molecule has 1 aliphatic rings. The zero-order valence-corrected chi connectivity index (χ0v) is 14.1. The van der Waals surface area contributed by atoms with Gasteiger partial charge in [-0.25, -0.2) is 0 Å². The number of hydrogen-bond acceptors (Lipinski definition) is 6. The van der Waals surface area contributed by atoms with Crippen molar-refractivity contribution in [2.24, 2.45) is 0 Å². The third-order valence-electron chi connectivity index (χ3n) is 4.29. The van der Waals surface area contributed by atoms with Gasteiger partial charge in [0.1, 0.15) is 0 Å². The highest BCUT2D eigenvalue weighted by atomic mass is 16.5. The first kappa shape index (κ1) is 16.4. The summed E-state index contributed by atoms with van der Waals surface area (Å²) in [5.41, 5.74) is 9.04. The van der Waals surface area contributed by atoms with E-state index in [9.17, 15) is 4.79 Å². The highest BCUT2D eigenvalue weighted by Crippen LogP contribution is 2.24. The number of benzene rings is 2. The number of carbonyl (C=O) groups is 1. The second-order valence-electron chi connectivity index (χ2n) is 6.10. The molecule has 0 radical (unpaired) electrons. The van der Waals surface area contributed by atoms with Crippen LogP contribution < -0.4 is 16.2 Å². The molecule has 1 amide bonds. The van der Waals surface area contributed by atoms with Gasteiger partial charge >= 0.3 is 0 Å². The Morgan fingerprint density at radius 1 is 1.19 bits per heavy atom. The number of aromatic nitrogens is 2. The van der Waals surface area contributed by atoms with Crippen molar-refractivity contribution in [2.75, 3.05) is 6.54 Å². The summed E-state index contributed by atoms with van der Waals surface area (Å²) in [7, 11) is 0. The number of hydrazine groups is 1. The van der Waals surface area contributed by atoms with Crippen LogP contribution in [0.25, 0.3) is 11.4 Å². The molecule has 26 heavy (non-hydrogen) atoms. The van der Waals surface area contributed by atoms with Gasteiger partial charge in [0.05, 0.1) is 6.54 Å². The van der Waals surface area contributed by atoms with Gasteiger partial charge in [-0.15, -0.1) is 0 Å². The Labute approximate surface area is 150 Å². The SMILES string of the molecule is O=C(NCc1nc(-c2cccc(C3CCNN3)c2)no1)c1ccccc1. The van der Waals surface area contributed by atoms with Crippen molar-refractivity contribution < 1.29 is 9.32 Å². The van der Waals surface area contributed by atoms with Crippen LogP contribution in [0.3, 0.4) is 0 Å². The van der Waals surface area contributed by atoms with Crippen LogP contribution >= 0.6 is 0 Å². The summed E-state index contributed by atoms with van der Waals surface area (Å²) in [4.78, 5) is 16.5. The van der Waals surface area contributed by atoms with Crippen LogP contribution in [-0.2, 0) is 6.54 Å². The van der Waals surface area contributed by atoms with Gasteiger partial charge in [0.2, 0.25) is 11.7 Å². The molecule has 7 nitrogen and oxygen atoms in total. The van der Waals surface area contributed by atoms with Crippen molar-refractivity contribution in [3.8, 4) is 11.4 Å². The van der Waals surface area contributed by atoms with E-state index in [4.69, 9.17) is 4.52 Å². The Kier molecular flexibility index (Phi) is 4.72. The molecule has 1 fully saturated rings. The molecule has 0 saturated carbocycles. The fourth-order valence-electron chi connectivity index (χ4n) is 2.92. The normalized spacial score (nSPS) is 16.5. The van der Waals surface area contributed by atoms with Crippen LogP contribution in [0.5, 0.6) is 0 Å². The van der Waals surface area contributed by atoms with Crippen LogP contribution in [-0.4, -0.2) is 22.6 Å². The summed E-state index contributed by atoms with van der Waals surface area (Å²) >= 11 is 0. The van der Waals surface area contributed by atoms with Gasteiger partial charge in [0.25, 0.3) is 5.91 Å². The quantitative estimate of drug-likeness (QED) is 0.654. The average Bonchev–Trinajstić information content (AvgIpc) is 3.39. The molecule has 4 rings (SSSR count). The summed E-state index contributed by atoms with van der Waals surface area (Å²) in [6.07, 6.45) is 1.03. The summed E-state index contributed by atoms with van der Waals surface area (Å²) < 4.78 is 5.27. The molecule has 1 atom stereocenters. The maximum absolute atomic E-state index is 12.1. The number of nitrogens with zero attached hydrogens (tertiary/aromatic N) is 2. The monoisotopic (exact) mass is 349 g/mol. The average molecular weight is 349 g/mol. The van der Waals surface area contributed by atoms with E-state index in [1.807, 2.05) is 30.3 Å². The third-order valence-corrected chi connectivity index (χ3v) is 4.29. The lowest BCUT2D eigenvalue weighted by molar-refractivity contribution is 0.0946. The molecule has 2 aromatic carbocycles. The third kappa shape index (κ3) is 3.63. The fraction of sp³-hybridized carbons (Fsp3) is 0.211. The number of hydrogen-bond donors (Lipinski definition) is 3. The molecule has 7 heteroatoms. The number of rotatable bonds is 5. The standard InChI is InChI=1S/C19H19N5O2/c25-19(13-5-2-1-3-6-13)20-12-17-22-18(24-26-17)15-8-4-7-14(11-15)16-9-10-21-23-16/h1-8,11,16,21,23H,9-10,12H2,(H,20,25). The molecule has 0 spiro atoms. The van der Waals surface area contributed by atoms with Gasteiger partial charge in [-0.3, -0.25) is 15.6 Å². The predicted octanol–water partition coefficient (Wildman–Crippen LogP) is 2.21. The Morgan fingerprint density at radius 2 is 2.08 bits per heavy atom. The maximum atomic E-state index is 12.1. The van der Waals surface area contributed by atoms with Gasteiger partial charge in [0, 0.05) is 23.7 Å². The van der Waals surface area contributed by atoms with E-state index in [-0.39, 0.29) is 18.5 Å². The minimum atomic E-state index is -0.174. The Morgan fingerprint density at radius 3 is 2.88 bits per heavy atom. The highest BCUT2D eigenvalue weighted by molar-refractivity contribution is 5.93. The minimum Gasteiger partial charge on any atom is -0.343 e. The maximum Gasteiger partial charge on any atom is 0.251 e. The molecular formula is C19H19N5O2. The van der Waals surface area contributed by atoms with Crippen LogP contribution in [0.4, 0.5) is 0 Å². The topological polar surface area (TPSA) is 92.1 Å². The van der Waals surface area contributed by atoms with Gasteiger partial charge in [-0.2, -0.15) is 4.98 Å². The summed E-state index contributed by atoms with van der Waals surface area (Å²) in [6.45, 7) is 1.14. The van der Waals surface area contributed by atoms with Crippen molar-refractivity contribution in [3.63, 3.8) is 0 Å². The summed E-state index contributed by atoms with van der Waals surface area (Å²) in [5.74, 6) is 0.712. The number of carbonyl (C=O) groups excluding carboxylic acids is 1. The van der Waals surface area contributed by atoms with E-state index in [2.05, 4.69) is 38.4 Å². The zero-order chi connectivity index (χ0) is 17.8. The van der Waals surface area contributed by atoms with Crippen LogP contribution in [0, 0.1) is 0 Å². The minimum absolute atomic E-state index is 0.174. The van der Waals surface area contributed by atoms with Crippen LogP contribution in [0.15, 0.2) is 59.1 Å². The van der Waals surface area contributed by atoms with Crippen LogP contribution in [0.1, 0.15) is 34.3 Å². The van der Waals surface area contributed by atoms with E-state index in [1.54, 1.807) is 12.1 Å². The first-order valence-electron chi connectivity index (χ1n) is 8.54. The molecular weight excluding hydrogens is 330 g/mol. The lowest BCUT2D eigenvalue weighted by Gasteiger charge is -2.10. The van der Waals surface area contributed by atoms with E-state index < -0.39 is 0 Å². The van der Waals surface area contributed by atoms with E-state index >= 15 is 0 Å². The highest BCUT2D eigenvalue weighted by Gasteiger charge is 2.17. The molecule has 1 unspecified atom stereocenters. The summed E-state index contributed by atoms with van der Waals surface area (Å²) in [5, 5.41) is 6.81. The second-order valence-corrected chi connectivity index (χ2v) is 6.10. The molecule has 1 aliphatic heterocycles. The van der Waals surface area contributed by atoms with E-state index in [1.165, 1.54) is 5.56 Å². The van der Waals surface area contributed by atoms with Gasteiger partial charge in [0.15, 0.2) is 0 Å². The molecule has 3 N–H and O–H groups in total. The van der Waals surface area contributed by atoms with Crippen molar-refractivity contribution in [2.45, 2.75) is 19.0 Å². The van der Waals surface area contributed by atoms with Gasteiger partial charge < -0.3 is 9.84 Å². The van der Waals surface area contributed by atoms with Gasteiger partial charge in [-0.1, -0.05) is 41.6 Å². The Bertz CT molecular complexity index is 888. The fourth-order valence-corrected chi connectivity index (χ4v) is 2.92. The van der Waals surface area contributed by atoms with E-state index in [0.29, 0.717) is 17.3 Å². The number of nitrogens with one attached hydrogen (secondary N) is 3. The zero-order valence-electron chi connectivity index (χ0n) is 14.1. The Balaban J connectivity index is 1.43. The molecule has 1 saturated heterocycles.